The number of hydrogen-bond acceptors (Lipinski definition) is 3. The first-order valence-electron chi connectivity index (χ1n) is 7.76. The van der Waals surface area contributed by atoms with Gasteiger partial charge in [0, 0.05) is 12.6 Å². The number of aryl methyl sites for hydroxylation is 2. The third-order valence-electron chi connectivity index (χ3n) is 4.25. The molecular weight excluding hydrogens is 300 g/mol. The summed E-state index contributed by atoms with van der Waals surface area (Å²) in [5, 5.41) is 6.41. The van der Waals surface area contributed by atoms with Gasteiger partial charge in [-0.2, -0.15) is 0 Å². The van der Waals surface area contributed by atoms with Gasteiger partial charge in [-0.25, -0.2) is 0 Å². The van der Waals surface area contributed by atoms with Gasteiger partial charge in [0.15, 0.2) is 0 Å². The van der Waals surface area contributed by atoms with Crippen LogP contribution in [0.25, 0.3) is 0 Å². The summed E-state index contributed by atoms with van der Waals surface area (Å²) in [4.78, 5) is 11.9. The van der Waals surface area contributed by atoms with E-state index in [0.29, 0.717) is 18.9 Å². The second-order valence-corrected chi connectivity index (χ2v) is 5.99. The Morgan fingerprint density at radius 1 is 1.36 bits per heavy atom. The average molecular weight is 327 g/mol. The Balaban J connectivity index is 0.00000242. The topological polar surface area (TPSA) is 50.4 Å². The van der Waals surface area contributed by atoms with Gasteiger partial charge in [-0.1, -0.05) is 13.0 Å². The average Bonchev–Trinajstić information content (AvgIpc) is 2.45. The number of nitrogens with one attached hydrogen (secondary N) is 2. The zero-order chi connectivity index (χ0) is 15.2. The molecule has 1 saturated heterocycles. The lowest BCUT2D eigenvalue weighted by Gasteiger charge is -2.30. The molecule has 1 aromatic rings. The van der Waals surface area contributed by atoms with E-state index in [2.05, 4.69) is 31.4 Å². The summed E-state index contributed by atoms with van der Waals surface area (Å²) in [5.74, 6) is 1.44. The lowest BCUT2D eigenvalue weighted by molar-refractivity contribution is -0.122. The summed E-state index contributed by atoms with van der Waals surface area (Å²) in [7, 11) is 0. The van der Waals surface area contributed by atoms with E-state index in [4.69, 9.17) is 4.74 Å². The van der Waals surface area contributed by atoms with E-state index in [1.807, 2.05) is 18.2 Å². The third-order valence-corrected chi connectivity index (χ3v) is 4.25. The van der Waals surface area contributed by atoms with E-state index in [1.165, 1.54) is 11.1 Å². The molecule has 1 aliphatic rings. The number of carbonyl (C=O) groups is 1. The smallest absolute Gasteiger partial charge is 0.223 e. The third kappa shape index (κ3) is 5.50. The van der Waals surface area contributed by atoms with Crippen LogP contribution in [-0.2, 0) is 4.79 Å². The lowest BCUT2D eigenvalue weighted by Crippen LogP contribution is -2.50. The normalized spacial score (nSPS) is 20.9. The second-order valence-electron chi connectivity index (χ2n) is 5.99. The van der Waals surface area contributed by atoms with Crippen LogP contribution < -0.4 is 15.4 Å². The molecule has 1 heterocycles. The van der Waals surface area contributed by atoms with Crippen LogP contribution in [0.4, 0.5) is 0 Å². The first-order valence-corrected chi connectivity index (χ1v) is 7.76. The van der Waals surface area contributed by atoms with E-state index >= 15 is 0 Å². The monoisotopic (exact) mass is 326 g/mol. The molecule has 124 valence electrons. The number of hydrogen-bond donors (Lipinski definition) is 2. The predicted molar refractivity (Wildman–Crippen MR) is 91.9 cm³/mol. The molecule has 1 fully saturated rings. The maximum absolute atomic E-state index is 11.9. The van der Waals surface area contributed by atoms with Gasteiger partial charge < -0.3 is 15.4 Å². The maximum atomic E-state index is 11.9. The van der Waals surface area contributed by atoms with Gasteiger partial charge in [-0.15, -0.1) is 12.4 Å². The van der Waals surface area contributed by atoms with Gasteiger partial charge in [-0.3, -0.25) is 4.79 Å². The SMILES string of the molecule is Cc1ccc(OCCC(=O)NC2CNCCC2C)cc1C.Cl. The summed E-state index contributed by atoms with van der Waals surface area (Å²) in [5.41, 5.74) is 2.46. The van der Waals surface area contributed by atoms with Gasteiger partial charge in [0.2, 0.25) is 5.91 Å². The van der Waals surface area contributed by atoms with Crippen molar-refractivity contribution in [2.45, 2.75) is 39.7 Å². The standard InChI is InChI=1S/C17H26N2O2.ClH/c1-12-4-5-15(10-14(12)3)21-9-7-17(20)19-16-11-18-8-6-13(16)2;/h4-5,10,13,16,18H,6-9,11H2,1-3H3,(H,19,20);1H. The second kappa shape index (κ2) is 9.01. The zero-order valence-electron chi connectivity index (χ0n) is 13.6. The molecule has 0 bridgehead atoms. The highest BCUT2D eigenvalue weighted by molar-refractivity contribution is 5.85. The van der Waals surface area contributed by atoms with Gasteiger partial charge in [0.1, 0.15) is 5.75 Å². The van der Waals surface area contributed by atoms with Crippen molar-refractivity contribution in [3.8, 4) is 5.75 Å². The number of rotatable bonds is 5. The highest BCUT2D eigenvalue weighted by Crippen LogP contribution is 2.16. The number of piperidine rings is 1. The van der Waals surface area contributed by atoms with Crippen LogP contribution in [0.1, 0.15) is 30.9 Å². The minimum atomic E-state index is 0. The molecule has 0 saturated carbocycles. The first-order chi connectivity index (χ1) is 10.1. The number of ether oxygens (including phenoxy) is 1. The van der Waals surface area contributed by atoms with Crippen molar-refractivity contribution >= 4 is 18.3 Å². The Labute approximate surface area is 139 Å². The molecule has 22 heavy (non-hydrogen) atoms. The summed E-state index contributed by atoms with van der Waals surface area (Å²) in [6.07, 6.45) is 1.51. The highest BCUT2D eigenvalue weighted by Gasteiger charge is 2.22. The van der Waals surface area contributed by atoms with Gasteiger partial charge >= 0.3 is 0 Å². The molecule has 1 aromatic carbocycles. The fourth-order valence-electron chi connectivity index (χ4n) is 2.53. The van der Waals surface area contributed by atoms with E-state index in [-0.39, 0.29) is 24.4 Å². The van der Waals surface area contributed by atoms with Gasteiger partial charge in [0.05, 0.1) is 13.0 Å². The number of carbonyl (C=O) groups excluding carboxylic acids is 1. The number of halogens is 1. The zero-order valence-corrected chi connectivity index (χ0v) is 14.5. The van der Waals surface area contributed by atoms with Crippen molar-refractivity contribution in [2.75, 3.05) is 19.7 Å². The van der Waals surface area contributed by atoms with Crippen molar-refractivity contribution in [3.05, 3.63) is 29.3 Å². The van der Waals surface area contributed by atoms with Crippen LogP contribution in [0.3, 0.4) is 0 Å². The first kappa shape index (κ1) is 18.8. The molecule has 2 N–H and O–H groups in total. The van der Waals surface area contributed by atoms with E-state index < -0.39 is 0 Å². The predicted octanol–water partition coefficient (Wildman–Crippen LogP) is 2.61. The lowest BCUT2D eigenvalue weighted by atomic mass is 9.95. The van der Waals surface area contributed by atoms with E-state index in [1.54, 1.807) is 0 Å². The molecule has 0 radical (unpaired) electrons. The highest BCUT2D eigenvalue weighted by atomic mass is 35.5. The number of benzene rings is 1. The molecule has 0 aliphatic carbocycles. The van der Waals surface area contributed by atoms with Gasteiger partial charge in [0.25, 0.3) is 0 Å². The van der Waals surface area contributed by atoms with Crippen molar-refractivity contribution in [1.82, 2.24) is 10.6 Å². The number of amides is 1. The van der Waals surface area contributed by atoms with Crippen molar-refractivity contribution in [2.24, 2.45) is 5.92 Å². The minimum Gasteiger partial charge on any atom is -0.493 e. The molecule has 2 rings (SSSR count). The Bertz CT molecular complexity index is 494. The Morgan fingerprint density at radius 3 is 2.82 bits per heavy atom. The quantitative estimate of drug-likeness (QED) is 0.874. The van der Waals surface area contributed by atoms with Crippen molar-refractivity contribution < 1.29 is 9.53 Å². The Kier molecular flexibility index (Phi) is 7.69. The van der Waals surface area contributed by atoms with Crippen LogP contribution in [-0.4, -0.2) is 31.6 Å². The van der Waals surface area contributed by atoms with E-state index in [0.717, 1.165) is 25.3 Å². The van der Waals surface area contributed by atoms with Crippen LogP contribution in [0.5, 0.6) is 5.75 Å². The van der Waals surface area contributed by atoms with Crippen LogP contribution >= 0.6 is 12.4 Å². The summed E-state index contributed by atoms with van der Waals surface area (Å²) >= 11 is 0. The van der Waals surface area contributed by atoms with Crippen LogP contribution in [0.15, 0.2) is 18.2 Å². The maximum Gasteiger partial charge on any atom is 0.223 e. The molecular formula is C17H27ClN2O2. The molecule has 2 atom stereocenters. The molecule has 1 aliphatic heterocycles. The summed E-state index contributed by atoms with van der Waals surface area (Å²) < 4.78 is 5.65. The Hall–Kier alpha value is -1.26. The van der Waals surface area contributed by atoms with Crippen LogP contribution in [0, 0.1) is 19.8 Å². The molecule has 2 unspecified atom stereocenters. The molecule has 0 aromatic heterocycles. The fraction of sp³-hybridized carbons (Fsp3) is 0.588. The summed E-state index contributed by atoms with van der Waals surface area (Å²) in [6.45, 7) is 8.66. The molecule has 4 nitrogen and oxygen atoms in total. The van der Waals surface area contributed by atoms with Gasteiger partial charge in [-0.05, 0) is 56.0 Å². The minimum absolute atomic E-state index is 0. The summed E-state index contributed by atoms with van der Waals surface area (Å²) in [6, 6.07) is 6.25. The van der Waals surface area contributed by atoms with Crippen LogP contribution in [0.2, 0.25) is 0 Å². The Morgan fingerprint density at radius 2 is 2.14 bits per heavy atom. The molecule has 0 spiro atoms. The fourth-order valence-corrected chi connectivity index (χ4v) is 2.53. The van der Waals surface area contributed by atoms with E-state index in [9.17, 15) is 4.79 Å². The molecule has 5 heteroatoms. The van der Waals surface area contributed by atoms with Crippen molar-refractivity contribution in [1.29, 1.82) is 0 Å². The largest absolute Gasteiger partial charge is 0.493 e. The molecule has 1 amide bonds. The van der Waals surface area contributed by atoms with Crippen molar-refractivity contribution in [3.63, 3.8) is 0 Å².